The van der Waals surface area contributed by atoms with Gasteiger partial charge in [0.25, 0.3) is 0 Å². The second kappa shape index (κ2) is 3.08. The largest absolute Gasteiger partial charge is 0.326 e. The number of hydrogen-bond donors (Lipinski definition) is 2. The Morgan fingerprint density at radius 3 is 2.92 bits per heavy atom. The number of nitrogens with zero attached hydrogens (tertiary/aromatic N) is 1. The summed E-state index contributed by atoms with van der Waals surface area (Å²) in [5.41, 5.74) is 6.56. The van der Waals surface area contributed by atoms with Gasteiger partial charge in [0.2, 0.25) is 0 Å². The van der Waals surface area contributed by atoms with Gasteiger partial charge in [0.1, 0.15) is 0 Å². The Morgan fingerprint density at radius 1 is 1.42 bits per heavy atom. The molecule has 12 heavy (non-hydrogen) atoms. The Kier molecular flexibility index (Phi) is 1.93. The van der Waals surface area contributed by atoms with Crippen molar-refractivity contribution in [2.75, 3.05) is 0 Å². The molecule has 2 rings (SSSR count). The lowest BCUT2D eigenvalue weighted by atomic mass is 10.3. The molecule has 0 bridgehead atoms. The molecular weight excluding hydrogens is 170 g/mol. The van der Waals surface area contributed by atoms with Crippen LogP contribution in [0.5, 0.6) is 0 Å². The van der Waals surface area contributed by atoms with E-state index in [9.17, 15) is 0 Å². The Balaban J connectivity index is 2.35. The third kappa shape index (κ3) is 1.26. The maximum Gasteiger partial charge on any atom is 0.0749 e. The van der Waals surface area contributed by atoms with Crippen LogP contribution in [0.1, 0.15) is 4.88 Å². The van der Waals surface area contributed by atoms with Crippen molar-refractivity contribution in [1.29, 1.82) is 0 Å². The van der Waals surface area contributed by atoms with Gasteiger partial charge in [-0.3, -0.25) is 5.10 Å². The maximum absolute atomic E-state index is 5.50. The normalized spacial score (nSPS) is 10.4. The fraction of sp³-hybridized carbons (Fsp3) is 0.125. The molecule has 0 amide bonds. The molecule has 0 saturated carbocycles. The van der Waals surface area contributed by atoms with Crippen LogP contribution in [0.4, 0.5) is 0 Å². The molecule has 3 nitrogen and oxygen atoms in total. The minimum Gasteiger partial charge on any atom is -0.326 e. The van der Waals surface area contributed by atoms with E-state index in [1.165, 1.54) is 9.75 Å². The standard InChI is InChI=1S/C8H9N3S/c9-5-6-1-2-8(12-6)7-3-4-10-11-7/h1-4H,5,9H2,(H,10,11). The van der Waals surface area contributed by atoms with Gasteiger partial charge in [-0.15, -0.1) is 11.3 Å². The highest BCUT2D eigenvalue weighted by Gasteiger charge is 2.01. The van der Waals surface area contributed by atoms with Crippen molar-refractivity contribution >= 4 is 11.3 Å². The minimum atomic E-state index is 0.610. The van der Waals surface area contributed by atoms with E-state index >= 15 is 0 Å². The number of aromatic nitrogens is 2. The van der Waals surface area contributed by atoms with Gasteiger partial charge in [-0.1, -0.05) is 0 Å². The van der Waals surface area contributed by atoms with E-state index in [1.54, 1.807) is 17.5 Å². The minimum absolute atomic E-state index is 0.610. The van der Waals surface area contributed by atoms with Crippen molar-refractivity contribution in [2.24, 2.45) is 5.73 Å². The molecule has 0 aliphatic heterocycles. The van der Waals surface area contributed by atoms with Crippen molar-refractivity contribution in [1.82, 2.24) is 10.2 Å². The molecule has 2 aromatic rings. The molecule has 0 radical (unpaired) electrons. The van der Waals surface area contributed by atoms with Gasteiger partial charge >= 0.3 is 0 Å². The summed E-state index contributed by atoms with van der Waals surface area (Å²) in [6, 6.07) is 6.05. The second-order valence-electron chi connectivity index (χ2n) is 2.44. The first-order valence-electron chi connectivity index (χ1n) is 3.68. The molecular formula is C8H9N3S. The molecule has 0 atom stereocenters. The van der Waals surface area contributed by atoms with E-state index < -0.39 is 0 Å². The van der Waals surface area contributed by atoms with E-state index in [0.717, 1.165) is 5.69 Å². The fourth-order valence-electron chi connectivity index (χ4n) is 1.03. The van der Waals surface area contributed by atoms with Gasteiger partial charge in [-0.05, 0) is 18.2 Å². The molecule has 0 saturated heterocycles. The first-order valence-corrected chi connectivity index (χ1v) is 4.50. The molecule has 4 heteroatoms. The van der Waals surface area contributed by atoms with Crippen LogP contribution in [-0.2, 0) is 6.54 Å². The highest BCUT2D eigenvalue weighted by Crippen LogP contribution is 2.25. The van der Waals surface area contributed by atoms with E-state index in [-0.39, 0.29) is 0 Å². The Morgan fingerprint density at radius 2 is 2.33 bits per heavy atom. The Bertz CT molecular complexity index is 350. The SMILES string of the molecule is NCc1ccc(-c2ccn[nH]2)s1. The van der Waals surface area contributed by atoms with Crippen LogP contribution in [0.25, 0.3) is 10.6 Å². The summed E-state index contributed by atoms with van der Waals surface area (Å²) in [5, 5.41) is 6.79. The van der Waals surface area contributed by atoms with Crippen molar-refractivity contribution in [3.8, 4) is 10.6 Å². The van der Waals surface area contributed by atoms with Crippen molar-refractivity contribution in [3.63, 3.8) is 0 Å². The van der Waals surface area contributed by atoms with Gasteiger partial charge in [-0.25, -0.2) is 0 Å². The fourth-order valence-corrected chi connectivity index (χ4v) is 1.89. The van der Waals surface area contributed by atoms with Gasteiger partial charge in [0, 0.05) is 17.6 Å². The van der Waals surface area contributed by atoms with Gasteiger partial charge < -0.3 is 5.73 Å². The van der Waals surface area contributed by atoms with Crippen molar-refractivity contribution in [2.45, 2.75) is 6.54 Å². The quantitative estimate of drug-likeness (QED) is 0.735. The van der Waals surface area contributed by atoms with Crippen LogP contribution in [0.3, 0.4) is 0 Å². The molecule has 0 fully saturated rings. The third-order valence-corrected chi connectivity index (χ3v) is 2.77. The molecule has 0 aromatic carbocycles. The maximum atomic E-state index is 5.50. The molecule has 0 aliphatic rings. The zero-order valence-electron chi connectivity index (χ0n) is 6.45. The molecule has 2 aromatic heterocycles. The summed E-state index contributed by atoms with van der Waals surface area (Å²) in [7, 11) is 0. The lowest BCUT2D eigenvalue weighted by Crippen LogP contribution is -1.90. The average Bonchev–Trinajstić information content (AvgIpc) is 2.75. The number of rotatable bonds is 2. The molecule has 62 valence electrons. The number of thiophene rings is 1. The number of hydrogen-bond acceptors (Lipinski definition) is 3. The lowest BCUT2D eigenvalue weighted by Gasteiger charge is -1.88. The highest BCUT2D eigenvalue weighted by molar-refractivity contribution is 7.15. The molecule has 0 spiro atoms. The lowest BCUT2D eigenvalue weighted by molar-refractivity contribution is 1.10. The molecule has 2 heterocycles. The van der Waals surface area contributed by atoms with Crippen LogP contribution in [0.2, 0.25) is 0 Å². The van der Waals surface area contributed by atoms with Gasteiger partial charge in [0.15, 0.2) is 0 Å². The predicted octanol–water partition coefficient (Wildman–Crippen LogP) is 1.60. The van der Waals surface area contributed by atoms with Crippen LogP contribution >= 0.6 is 11.3 Å². The predicted molar refractivity (Wildman–Crippen MR) is 49.8 cm³/mol. The zero-order valence-corrected chi connectivity index (χ0v) is 7.27. The zero-order chi connectivity index (χ0) is 8.39. The monoisotopic (exact) mass is 179 g/mol. The summed E-state index contributed by atoms with van der Waals surface area (Å²) >= 11 is 1.69. The van der Waals surface area contributed by atoms with Crippen molar-refractivity contribution in [3.05, 3.63) is 29.3 Å². The Hall–Kier alpha value is -1.13. The van der Waals surface area contributed by atoms with Crippen LogP contribution in [0, 0.1) is 0 Å². The summed E-state index contributed by atoms with van der Waals surface area (Å²) in [5.74, 6) is 0. The summed E-state index contributed by atoms with van der Waals surface area (Å²) < 4.78 is 0. The van der Waals surface area contributed by atoms with E-state index in [0.29, 0.717) is 6.54 Å². The average molecular weight is 179 g/mol. The van der Waals surface area contributed by atoms with Crippen molar-refractivity contribution < 1.29 is 0 Å². The van der Waals surface area contributed by atoms with E-state index in [1.807, 2.05) is 12.1 Å². The molecule has 3 N–H and O–H groups in total. The molecule has 0 unspecified atom stereocenters. The first-order chi connectivity index (χ1) is 5.90. The van der Waals surface area contributed by atoms with Gasteiger partial charge in [0.05, 0.1) is 10.6 Å². The summed E-state index contributed by atoms with van der Waals surface area (Å²) in [6.07, 6.45) is 1.75. The van der Waals surface area contributed by atoms with E-state index in [4.69, 9.17) is 5.73 Å². The smallest absolute Gasteiger partial charge is 0.0749 e. The van der Waals surface area contributed by atoms with Crippen LogP contribution < -0.4 is 5.73 Å². The summed E-state index contributed by atoms with van der Waals surface area (Å²) in [4.78, 5) is 2.38. The Labute approximate surface area is 74.2 Å². The summed E-state index contributed by atoms with van der Waals surface area (Å²) in [6.45, 7) is 0.610. The van der Waals surface area contributed by atoms with E-state index in [2.05, 4.69) is 16.3 Å². The highest BCUT2D eigenvalue weighted by atomic mass is 32.1. The van der Waals surface area contributed by atoms with Gasteiger partial charge in [-0.2, -0.15) is 5.10 Å². The number of nitrogens with two attached hydrogens (primary N) is 1. The second-order valence-corrected chi connectivity index (χ2v) is 3.61. The number of nitrogens with one attached hydrogen (secondary N) is 1. The third-order valence-electron chi connectivity index (χ3n) is 1.63. The number of aromatic amines is 1. The first kappa shape index (κ1) is 7.52. The van der Waals surface area contributed by atoms with Crippen LogP contribution in [-0.4, -0.2) is 10.2 Å². The van der Waals surface area contributed by atoms with Crippen LogP contribution in [0.15, 0.2) is 24.4 Å². The molecule has 0 aliphatic carbocycles. The number of H-pyrrole nitrogens is 1. The topological polar surface area (TPSA) is 54.7 Å².